The second-order valence-electron chi connectivity index (χ2n) is 7.77. The van der Waals surface area contributed by atoms with Gasteiger partial charge in [0.15, 0.2) is 11.0 Å². The first-order valence-electron chi connectivity index (χ1n) is 9.11. The van der Waals surface area contributed by atoms with Crippen molar-refractivity contribution >= 4 is 11.0 Å². The van der Waals surface area contributed by atoms with Crippen molar-refractivity contribution in [1.82, 2.24) is 4.57 Å². The molecule has 0 aliphatic rings. The normalized spacial score (nSPS) is 11.5. The SMILES string of the molecule is CC(C)(C)c1ccc(-[n+]2cn(-c3ccccc3)c3cccc(C#N)c32)cc1. The molecule has 0 amide bonds. The van der Waals surface area contributed by atoms with Gasteiger partial charge < -0.3 is 0 Å². The molecule has 3 aromatic carbocycles. The lowest BCUT2D eigenvalue weighted by Crippen LogP contribution is -2.29. The number of rotatable bonds is 2. The molecule has 4 aromatic rings. The van der Waals surface area contributed by atoms with Crippen molar-refractivity contribution in [2.75, 3.05) is 0 Å². The largest absolute Gasteiger partial charge is 0.255 e. The van der Waals surface area contributed by atoms with Crippen molar-refractivity contribution in [3.05, 3.63) is 90.3 Å². The maximum absolute atomic E-state index is 9.66. The average molecular weight is 352 g/mol. The van der Waals surface area contributed by atoms with Crippen LogP contribution in [0.2, 0.25) is 0 Å². The van der Waals surface area contributed by atoms with E-state index in [4.69, 9.17) is 0 Å². The number of para-hydroxylation sites is 2. The Labute approximate surface area is 159 Å². The van der Waals surface area contributed by atoms with Crippen LogP contribution in [0.15, 0.2) is 79.1 Å². The number of nitriles is 1. The van der Waals surface area contributed by atoms with Gasteiger partial charge in [0, 0.05) is 0 Å². The van der Waals surface area contributed by atoms with E-state index in [2.05, 4.69) is 84.8 Å². The van der Waals surface area contributed by atoms with Crippen molar-refractivity contribution in [2.45, 2.75) is 26.2 Å². The Morgan fingerprint density at radius 1 is 0.852 bits per heavy atom. The number of imidazole rings is 1. The molecule has 27 heavy (non-hydrogen) atoms. The second-order valence-corrected chi connectivity index (χ2v) is 7.77. The van der Waals surface area contributed by atoms with Crippen LogP contribution in [0.3, 0.4) is 0 Å². The fraction of sp³-hybridized carbons (Fsp3) is 0.167. The van der Waals surface area contributed by atoms with E-state index in [9.17, 15) is 5.26 Å². The second kappa shape index (κ2) is 6.41. The van der Waals surface area contributed by atoms with E-state index in [-0.39, 0.29) is 5.41 Å². The molecule has 0 unspecified atom stereocenters. The number of benzene rings is 3. The van der Waals surface area contributed by atoms with Crippen LogP contribution >= 0.6 is 0 Å². The van der Waals surface area contributed by atoms with Crippen LogP contribution in [0, 0.1) is 11.3 Å². The fourth-order valence-electron chi connectivity index (χ4n) is 3.42. The zero-order valence-corrected chi connectivity index (χ0v) is 15.8. The van der Waals surface area contributed by atoms with E-state index in [1.165, 1.54) is 5.56 Å². The van der Waals surface area contributed by atoms with Crippen molar-refractivity contribution in [1.29, 1.82) is 5.26 Å². The summed E-state index contributed by atoms with van der Waals surface area (Å²) >= 11 is 0. The first-order valence-corrected chi connectivity index (χ1v) is 9.11. The quantitative estimate of drug-likeness (QED) is 0.463. The van der Waals surface area contributed by atoms with E-state index in [0.717, 1.165) is 22.4 Å². The first-order chi connectivity index (χ1) is 13.0. The molecule has 3 heteroatoms. The summed E-state index contributed by atoms with van der Waals surface area (Å²) in [6, 6.07) is 27.0. The third-order valence-electron chi connectivity index (χ3n) is 4.91. The molecule has 0 bridgehead atoms. The lowest BCUT2D eigenvalue weighted by Gasteiger charge is -2.18. The smallest absolute Gasteiger partial charge is 0.195 e. The van der Waals surface area contributed by atoms with Gasteiger partial charge in [0.1, 0.15) is 23.0 Å². The maximum Gasteiger partial charge on any atom is 0.255 e. The van der Waals surface area contributed by atoms with E-state index in [1.54, 1.807) is 0 Å². The number of nitrogens with zero attached hydrogens (tertiary/aromatic N) is 3. The number of hydrogen-bond donors (Lipinski definition) is 0. The molecule has 132 valence electrons. The minimum atomic E-state index is 0.110. The zero-order valence-electron chi connectivity index (χ0n) is 15.8. The highest BCUT2D eigenvalue weighted by Gasteiger charge is 2.22. The van der Waals surface area contributed by atoms with Gasteiger partial charge in [-0.15, -0.1) is 0 Å². The topological polar surface area (TPSA) is 32.6 Å². The lowest BCUT2D eigenvalue weighted by molar-refractivity contribution is -0.567. The van der Waals surface area contributed by atoms with Gasteiger partial charge in [0.05, 0.1) is 0 Å². The molecular formula is C24H22N3+. The first kappa shape index (κ1) is 17.1. The van der Waals surface area contributed by atoms with Crippen molar-refractivity contribution in [3.8, 4) is 17.4 Å². The van der Waals surface area contributed by atoms with Crippen LogP contribution in [0.1, 0.15) is 31.9 Å². The molecule has 1 aromatic heterocycles. The van der Waals surface area contributed by atoms with Gasteiger partial charge >= 0.3 is 0 Å². The van der Waals surface area contributed by atoms with E-state index in [0.29, 0.717) is 5.56 Å². The third kappa shape index (κ3) is 3.00. The van der Waals surface area contributed by atoms with Crippen molar-refractivity contribution < 1.29 is 4.57 Å². The van der Waals surface area contributed by atoms with Crippen LogP contribution in [-0.4, -0.2) is 4.57 Å². The molecule has 0 radical (unpaired) electrons. The lowest BCUT2D eigenvalue weighted by atomic mass is 9.87. The van der Waals surface area contributed by atoms with Gasteiger partial charge in [-0.1, -0.05) is 57.2 Å². The molecule has 0 saturated carbocycles. The van der Waals surface area contributed by atoms with Crippen molar-refractivity contribution in [3.63, 3.8) is 0 Å². The summed E-state index contributed by atoms with van der Waals surface area (Å²) in [6.45, 7) is 6.64. The standard InChI is InChI=1S/C24H22N3/c1-24(2,3)19-12-14-21(15-13-19)27-17-26(20-9-5-4-6-10-20)22-11-7-8-18(16-25)23(22)27/h4-15,17H,1-3H3/q+1. The molecule has 1 heterocycles. The minimum Gasteiger partial charge on any atom is -0.195 e. The third-order valence-corrected chi connectivity index (χ3v) is 4.91. The molecule has 0 fully saturated rings. The maximum atomic E-state index is 9.66. The average Bonchev–Trinajstić information content (AvgIpc) is 3.08. The Balaban J connectivity index is 1.97. The summed E-state index contributed by atoms with van der Waals surface area (Å²) in [5.41, 5.74) is 6.13. The highest BCUT2D eigenvalue weighted by molar-refractivity contribution is 5.80. The summed E-state index contributed by atoms with van der Waals surface area (Å²) in [5, 5.41) is 9.66. The van der Waals surface area contributed by atoms with Crippen LogP contribution in [0.5, 0.6) is 0 Å². The molecule has 0 saturated heterocycles. The predicted octanol–water partition coefficient (Wildman–Crippen LogP) is 5.08. The monoisotopic (exact) mass is 352 g/mol. The Kier molecular flexibility index (Phi) is 4.05. The molecule has 3 nitrogen and oxygen atoms in total. The fourth-order valence-corrected chi connectivity index (χ4v) is 3.42. The Bertz CT molecular complexity index is 1140. The number of aromatic nitrogens is 2. The summed E-state index contributed by atoms with van der Waals surface area (Å²) < 4.78 is 4.24. The summed E-state index contributed by atoms with van der Waals surface area (Å²) in [7, 11) is 0. The van der Waals surface area contributed by atoms with Gasteiger partial charge in [0.2, 0.25) is 0 Å². The van der Waals surface area contributed by atoms with Gasteiger partial charge in [0.25, 0.3) is 6.33 Å². The molecule has 0 N–H and O–H groups in total. The van der Waals surface area contributed by atoms with Gasteiger partial charge in [-0.3, -0.25) is 0 Å². The van der Waals surface area contributed by atoms with Crippen LogP contribution in [-0.2, 0) is 5.41 Å². The van der Waals surface area contributed by atoms with Crippen LogP contribution in [0.4, 0.5) is 0 Å². The highest BCUT2D eigenvalue weighted by atomic mass is 15.1. The molecule has 0 aliphatic heterocycles. The minimum absolute atomic E-state index is 0.110. The molecule has 0 atom stereocenters. The van der Waals surface area contributed by atoms with E-state index < -0.39 is 0 Å². The summed E-state index contributed by atoms with van der Waals surface area (Å²) in [6.07, 6.45) is 2.06. The van der Waals surface area contributed by atoms with E-state index in [1.807, 2.05) is 30.3 Å². The van der Waals surface area contributed by atoms with Gasteiger partial charge in [-0.05, 0) is 47.4 Å². The Morgan fingerprint density at radius 2 is 1.56 bits per heavy atom. The molecular weight excluding hydrogens is 330 g/mol. The molecule has 0 aliphatic carbocycles. The molecule has 4 rings (SSSR count). The number of fused-ring (bicyclic) bond motifs is 1. The van der Waals surface area contributed by atoms with Crippen molar-refractivity contribution in [2.24, 2.45) is 0 Å². The zero-order chi connectivity index (χ0) is 19.0. The van der Waals surface area contributed by atoms with Crippen LogP contribution in [0.25, 0.3) is 22.4 Å². The highest BCUT2D eigenvalue weighted by Crippen LogP contribution is 2.24. The number of hydrogen-bond acceptors (Lipinski definition) is 1. The van der Waals surface area contributed by atoms with Crippen LogP contribution < -0.4 is 4.57 Å². The molecule has 0 spiro atoms. The summed E-state index contributed by atoms with van der Waals surface area (Å²) in [4.78, 5) is 0. The Hall–Kier alpha value is -3.38. The van der Waals surface area contributed by atoms with Gasteiger partial charge in [-0.25, -0.2) is 0 Å². The predicted molar refractivity (Wildman–Crippen MR) is 108 cm³/mol. The Morgan fingerprint density at radius 3 is 2.19 bits per heavy atom. The summed E-state index contributed by atoms with van der Waals surface area (Å²) in [5.74, 6) is 0. The van der Waals surface area contributed by atoms with Gasteiger partial charge in [-0.2, -0.15) is 14.4 Å². The van der Waals surface area contributed by atoms with E-state index >= 15 is 0 Å².